The summed E-state index contributed by atoms with van der Waals surface area (Å²) in [5.41, 5.74) is 1.43. The normalized spacial score (nSPS) is 11.0. The number of benzene rings is 3. The molecular weight excluding hydrogens is 616 g/mol. The lowest BCUT2D eigenvalue weighted by Crippen LogP contribution is -2.12. The van der Waals surface area contributed by atoms with Crippen molar-refractivity contribution in [1.82, 2.24) is 0 Å². The van der Waals surface area contributed by atoms with Gasteiger partial charge >= 0.3 is 23.9 Å². The maximum absolute atomic E-state index is 13.0. The minimum atomic E-state index is -0.538. The molecule has 0 aliphatic carbocycles. The van der Waals surface area contributed by atoms with E-state index in [1.807, 2.05) is 13.8 Å². The molecule has 0 aliphatic rings. The maximum atomic E-state index is 13.0. The van der Waals surface area contributed by atoms with Crippen molar-refractivity contribution in [3.8, 4) is 23.0 Å². The van der Waals surface area contributed by atoms with Gasteiger partial charge in [-0.2, -0.15) is 0 Å². The van der Waals surface area contributed by atoms with Gasteiger partial charge in [0.25, 0.3) is 0 Å². The number of carbonyl (C=O) groups is 4. The van der Waals surface area contributed by atoms with E-state index in [4.69, 9.17) is 28.4 Å². The molecule has 0 amide bonds. The number of carbonyl (C=O) groups excluding carboxylic acids is 4. The van der Waals surface area contributed by atoms with Crippen molar-refractivity contribution in [2.75, 3.05) is 26.4 Å². The molecule has 0 bridgehead atoms. The van der Waals surface area contributed by atoms with E-state index in [0.717, 1.165) is 24.1 Å². The molecule has 0 spiro atoms. The molecule has 254 valence electrons. The van der Waals surface area contributed by atoms with Crippen LogP contribution in [0.3, 0.4) is 0 Å². The number of ether oxygens (including phenoxy) is 6. The van der Waals surface area contributed by atoms with Crippen molar-refractivity contribution in [3.63, 3.8) is 0 Å². The van der Waals surface area contributed by atoms with Crippen molar-refractivity contribution in [1.29, 1.82) is 0 Å². The summed E-state index contributed by atoms with van der Waals surface area (Å²) in [6.07, 6.45) is 5.72. The molecule has 0 saturated heterocycles. The van der Waals surface area contributed by atoms with E-state index in [-0.39, 0.29) is 5.92 Å². The van der Waals surface area contributed by atoms with E-state index in [1.54, 1.807) is 66.7 Å². The Morgan fingerprint density at radius 3 is 1.52 bits per heavy atom. The lowest BCUT2D eigenvalue weighted by molar-refractivity contribution is -0.138. The summed E-state index contributed by atoms with van der Waals surface area (Å²) in [5, 5.41) is 0. The smallest absolute Gasteiger partial charge is 0.343 e. The molecule has 10 nitrogen and oxygen atoms in total. The van der Waals surface area contributed by atoms with Crippen LogP contribution in [0, 0.1) is 0 Å². The van der Waals surface area contributed by atoms with Gasteiger partial charge in [0.2, 0.25) is 0 Å². The molecule has 1 unspecified atom stereocenters. The van der Waals surface area contributed by atoms with Crippen LogP contribution in [0.5, 0.6) is 23.0 Å². The molecule has 0 saturated carbocycles. The van der Waals surface area contributed by atoms with Crippen LogP contribution < -0.4 is 18.9 Å². The summed E-state index contributed by atoms with van der Waals surface area (Å²) in [7, 11) is 0. The van der Waals surface area contributed by atoms with Gasteiger partial charge in [0, 0.05) is 17.7 Å². The van der Waals surface area contributed by atoms with E-state index >= 15 is 0 Å². The molecule has 0 radical (unpaired) electrons. The zero-order chi connectivity index (χ0) is 34.7. The number of hydrogen-bond donors (Lipinski definition) is 0. The van der Waals surface area contributed by atoms with E-state index in [9.17, 15) is 19.2 Å². The van der Waals surface area contributed by atoms with Crippen molar-refractivity contribution in [2.24, 2.45) is 0 Å². The quantitative estimate of drug-likeness (QED) is 0.0524. The van der Waals surface area contributed by atoms with E-state index in [2.05, 4.69) is 13.2 Å². The highest BCUT2D eigenvalue weighted by Crippen LogP contribution is 2.33. The first-order valence-electron chi connectivity index (χ1n) is 15.9. The van der Waals surface area contributed by atoms with Gasteiger partial charge in [0.05, 0.1) is 37.6 Å². The molecule has 3 rings (SSSR count). The number of unbranched alkanes of at least 4 members (excludes halogenated alkanes) is 2. The zero-order valence-electron chi connectivity index (χ0n) is 27.4. The summed E-state index contributed by atoms with van der Waals surface area (Å²) in [4.78, 5) is 48.0. The average Bonchev–Trinajstić information content (AvgIpc) is 3.11. The Morgan fingerprint density at radius 2 is 1.06 bits per heavy atom. The maximum Gasteiger partial charge on any atom is 0.343 e. The molecule has 0 heterocycles. The van der Waals surface area contributed by atoms with Crippen LogP contribution in [0.15, 0.2) is 92.0 Å². The highest BCUT2D eigenvalue weighted by molar-refractivity contribution is 5.92. The van der Waals surface area contributed by atoms with Gasteiger partial charge in [0.1, 0.15) is 23.0 Å². The standard InChI is InChI=1S/C38H42O10/c1-5-27(4)33-26-32(47-37(41)28-12-16-30(17-13-28)43-22-8-10-24-45-35(39)6-2)20-21-34(33)48-38(42)29-14-18-31(19-15-29)44-23-9-11-25-46-36(40)7-3/h6-7,12-21,26-27H,2-3,5,8-11,22-25H2,1,4H3. The van der Waals surface area contributed by atoms with Crippen molar-refractivity contribution >= 4 is 23.9 Å². The van der Waals surface area contributed by atoms with Gasteiger partial charge in [-0.1, -0.05) is 27.0 Å². The van der Waals surface area contributed by atoms with Crippen LogP contribution >= 0.6 is 0 Å². The third kappa shape index (κ3) is 12.4. The van der Waals surface area contributed by atoms with E-state index < -0.39 is 23.9 Å². The van der Waals surface area contributed by atoms with Gasteiger partial charge in [-0.25, -0.2) is 19.2 Å². The third-order valence-electron chi connectivity index (χ3n) is 7.15. The summed E-state index contributed by atoms with van der Waals surface area (Å²) < 4.78 is 32.7. The summed E-state index contributed by atoms with van der Waals surface area (Å²) in [6, 6.07) is 18.2. The fourth-order valence-electron chi connectivity index (χ4n) is 4.24. The van der Waals surface area contributed by atoms with Gasteiger partial charge < -0.3 is 28.4 Å². The second kappa shape index (κ2) is 20.0. The Labute approximate surface area is 281 Å². The predicted octanol–water partition coefficient (Wildman–Crippen LogP) is 7.41. The average molecular weight is 659 g/mol. The van der Waals surface area contributed by atoms with Gasteiger partial charge in [-0.3, -0.25) is 0 Å². The molecule has 0 fully saturated rings. The number of hydrogen-bond acceptors (Lipinski definition) is 10. The summed E-state index contributed by atoms with van der Waals surface area (Å²) in [5.74, 6) is -0.0351. The Morgan fingerprint density at radius 1 is 0.625 bits per heavy atom. The largest absolute Gasteiger partial charge is 0.494 e. The van der Waals surface area contributed by atoms with Crippen molar-refractivity contribution < 1.29 is 47.6 Å². The summed E-state index contributed by atoms with van der Waals surface area (Å²) in [6.45, 7) is 12.2. The lowest BCUT2D eigenvalue weighted by Gasteiger charge is -2.16. The number of esters is 4. The molecule has 3 aromatic carbocycles. The third-order valence-corrected chi connectivity index (χ3v) is 7.15. The van der Waals surface area contributed by atoms with E-state index in [1.165, 1.54) is 0 Å². The highest BCUT2D eigenvalue weighted by atomic mass is 16.5. The highest BCUT2D eigenvalue weighted by Gasteiger charge is 2.18. The molecule has 10 heteroatoms. The molecule has 0 N–H and O–H groups in total. The van der Waals surface area contributed by atoms with Gasteiger partial charge in [-0.05, 0) is 105 Å². The zero-order valence-corrected chi connectivity index (χ0v) is 27.4. The van der Waals surface area contributed by atoms with Gasteiger partial charge in [-0.15, -0.1) is 0 Å². The second-order valence-corrected chi connectivity index (χ2v) is 10.7. The fraction of sp³-hybridized carbons (Fsp3) is 0.316. The Balaban J connectivity index is 1.52. The van der Waals surface area contributed by atoms with E-state index in [0.29, 0.717) is 86.2 Å². The Bertz CT molecular complexity index is 1530. The minimum Gasteiger partial charge on any atom is -0.494 e. The van der Waals surface area contributed by atoms with Crippen LogP contribution in [0.1, 0.15) is 78.1 Å². The first-order chi connectivity index (χ1) is 23.2. The predicted molar refractivity (Wildman–Crippen MR) is 180 cm³/mol. The van der Waals surface area contributed by atoms with Crippen LogP contribution in [0.4, 0.5) is 0 Å². The molecule has 3 aromatic rings. The summed E-state index contributed by atoms with van der Waals surface area (Å²) >= 11 is 0. The van der Waals surface area contributed by atoms with Crippen LogP contribution in [0.2, 0.25) is 0 Å². The molecule has 0 aromatic heterocycles. The topological polar surface area (TPSA) is 124 Å². The van der Waals surface area contributed by atoms with Gasteiger partial charge in [0.15, 0.2) is 0 Å². The molecule has 1 atom stereocenters. The minimum absolute atomic E-state index is 0.0213. The lowest BCUT2D eigenvalue weighted by atomic mass is 9.97. The number of rotatable bonds is 20. The SMILES string of the molecule is C=CC(=O)OCCCCOc1ccc(C(=O)Oc2ccc(OC(=O)c3ccc(OCCCCOC(=O)C=C)cc3)c(C(C)CC)c2)cc1. The van der Waals surface area contributed by atoms with Crippen molar-refractivity contribution in [3.05, 3.63) is 109 Å². The fourth-order valence-corrected chi connectivity index (χ4v) is 4.24. The second-order valence-electron chi connectivity index (χ2n) is 10.7. The van der Waals surface area contributed by atoms with Crippen LogP contribution in [-0.4, -0.2) is 50.3 Å². The molecule has 0 aliphatic heterocycles. The molecular formula is C38H42O10. The van der Waals surface area contributed by atoms with Crippen LogP contribution in [-0.2, 0) is 19.1 Å². The Kier molecular flexibility index (Phi) is 15.4. The molecule has 48 heavy (non-hydrogen) atoms. The first-order valence-corrected chi connectivity index (χ1v) is 15.9. The first kappa shape index (κ1) is 37.1. The van der Waals surface area contributed by atoms with Crippen molar-refractivity contribution in [2.45, 2.75) is 51.9 Å². The monoisotopic (exact) mass is 658 g/mol. The van der Waals surface area contributed by atoms with Crippen LogP contribution in [0.25, 0.3) is 0 Å². The Hall–Kier alpha value is -5.38.